The first-order chi connectivity index (χ1) is 22.1. The summed E-state index contributed by atoms with van der Waals surface area (Å²) in [7, 11) is 1.65. The van der Waals surface area contributed by atoms with Gasteiger partial charge in [-0.05, 0) is 52.9 Å². The SMILES string of the molecule is COc1ccc([C@@H](CC(=O)NCc2ccccc2)c2cn(Cc3ccc(C)cc3)c3ccccc23)cc1OCc1ccccc1. The van der Waals surface area contributed by atoms with Gasteiger partial charge in [-0.3, -0.25) is 4.79 Å². The van der Waals surface area contributed by atoms with E-state index < -0.39 is 0 Å². The molecule has 6 rings (SSSR count). The van der Waals surface area contributed by atoms with Crippen LogP contribution in [0.25, 0.3) is 10.9 Å². The van der Waals surface area contributed by atoms with E-state index in [-0.39, 0.29) is 18.2 Å². The minimum atomic E-state index is -0.213. The zero-order valence-electron chi connectivity index (χ0n) is 25.8. The third-order valence-electron chi connectivity index (χ3n) is 8.22. The van der Waals surface area contributed by atoms with Crippen LogP contribution in [0.2, 0.25) is 0 Å². The van der Waals surface area contributed by atoms with Crippen LogP contribution in [0.5, 0.6) is 11.5 Å². The van der Waals surface area contributed by atoms with Crippen LogP contribution in [0, 0.1) is 6.92 Å². The average molecular weight is 595 g/mol. The first-order valence-corrected chi connectivity index (χ1v) is 15.4. The Morgan fingerprint density at radius 3 is 2.18 bits per heavy atom. The molecule has 0 aliphatic rings. The van der Waals surface area contributed by atoms with E-state index in [1.54, 1.807) is 7.11 Å². The first kappa shape index (κ1) is 29.8. The molecule has 5 aromatic carbocycles. The summed E-state index contributed by atoms with van der Waals surface area (Å²) in [4.78, 5) is 13.6. The number of carbonyl (C=O) groups excluding carboxylic acids is 1. The number of hydrogen-bond donors (Lipinski definition) is 1. The van der Waals surface area contributed by atoms with Crippen molar-refractivity contribution in [2.24, 2.45) is 0 Å². The molecule has 0 aliphatic carbocycles. The maximum atomic E-state index is 13.6. The highest BCUT2D eigenvalue weighted by Gasteiger charge is 2.24. The lowest BCUT2D eigenvalue weighted by Crippen LogP contribution is -2.25. The molecule has 0 bridgehead atoms. The summed E-state index contributed by atoms with van der Waals surface area (Å²) in [5, 5.41) is 4.28. The molecule has 0 fully saturated rings. The van der Waals surface area contributed by atoms with Crippen LogP contribution in [0.15, 0.2) is 134 Å². The summed E-state index contributed by atoms with van der Waals surface area (Å²) in [5.41, 5.74) is 7.84. The van der Waals surface area contributed by atoms with Gasteiger partial charge in [0.2, 0.25) is 5.91 Å². The van der Waals surface area contributed by atoms with Gasteiger partial charge in [0, 0.05) is 42.5 Å². The zero-order chi connectivity index (χ0) is 31.0. The van der Waals surface area contributed by atoms with E-state index >= 15 is 0 Å². The number of benzene rings is 5. The van der Waals surface area contributed by atoms with E-state index in [2.05, 4.69) is 77.6 Å². The Balaban J connectivity index is 1.37. The molecule has 1 heterocycles. The quantitative estimate of drug-likeness (QED) is 0.155. The summed E-state index contributed by atoms with van der Waals surface area (Å²) >= 11 is 0. The van der Waals surface area contributed by atoms with Crippen LogP contribution in [-0.4, -0.2) is 17.6 Å². The molecule has 1 amide bonds. The molecule has 0 saturated heterocycles. The van der Waals surface area contributed by atoms with Crippen LogP contribution in [0.3, 0.4) is 0 Å². The predicted octanol–water partition coefficient (Wildman–Crippen LogP) is 8.42. The standard InChI is InChI=1S/C40H38N2O3/c1-29-17-19-31(20-18-29)26-42-27-36(34-15-9-10-16-37(34)42)35(24-40(43)41-25-30-11-5-3-6-12-30)33-21-22-38(44-2)39(23-33)45-28-32-13-7-4-8-14-32/h3-23,27,35H,24-26,28H2,1-2H3,(H,41,43)/t35-/m1/s1. The van der Waals surface area contributed by atoms with Gasteiger partial charge in [-0.15, -0.1) is 0 Å². The van der Waals surface area contributed by atoms with Gasteiger partial charge in [0.05, 0.1) is 7.11 Å². The molecule has 0 saturated carbocycles. The fourth-order valence-corrected chi connectivity index (χ4v) is 5.79. The van der Waals surface area contributed by atoms with E-state index in [0.717, 1.165) is 39.7 Å². The summed E-state index contributed by atoms with van der Waals surface area (Å²) in [6.45, 7) is 3.74. The minimum Gasteiger partial charge on any atom is -0.493 e. The van der Waals surface area contributed by atoms with Crippen molar-refractivity contribution in [3.63, 3.8) is 0 Å². The molecule has 45 heavy (non-hydrogen) atoms. The number of hydrogen-bond acceptors (Lipinski definition) is 3. The highest BCUT2D eigenvalue weighted by Crippen LogP contribution is 2.39. The number of ether oxygens (including phenoxy) is 2. The van der Waals surface area contributed by atoms with Gasteiger partial charge in [-0.1, -0.05) is 115 Å². The molecule has 0 aliphatic heterocycles. The van der Waals surface area contributed by atoms with Crippen molar-refractivity contribution in [1.29, 1.82) is 0 Å². The largest absolute Gasteiger partial charge is 0.493 e. The van der Waals surface area contributed by atoms with Crippen LogP contribution in [-0.2, 0) is 24.5 Å². The monoisotopic (exact) mass is 594 g/mol. The Hall–Kier alpha value is -5.29. The molecule has 1 aromatic heterocycles. The molecular formula is C40H38N2O3. The Labute approximate surface area is 265 Å². The van der Waals surface area contributed by atoms with Gasteiger partial charge >= 0.3 is 0 Å². The highest BCUT2D eigenvalue weighted by molar-refractivity contribution is 5.87. The molecule has 0 unspecified atom stereocenters. The molecule has 0 spiro atoms. The second kappa shape index (κ2) is 14.0. The summed E-state index contributed by atoms with van der Waals surface area (Å²) in [5.74, 6) is 1.08. The molecule has 6 aromatic rings. The van der Waals surface area contributed by atoms with Gasteiger partial charge in [-0.2, -0.15) is 0 Å². The fourth-order valence-electron chi connectivity index (χ4n) is 5.79. The maximum absolute atomic E-state index is 13.6. The van der Waals surface area contributed by atoms with Crippen LogP contribution < -0.4 is 14.8 Å². The molecule has 226 valence electrons. The Kier molecular flexibility index (Phi) is 9.26. The van der Waals surface area contributed by atoms with Gasteiger partial charge in [-0.25, -0.2) is 0 Å². The van der Waals surface area contributed by atoms with Crippen LogP contribution >= 0.6 is 0 Å². The number of methoxy groups -OCH3 is 1. The third kappa shape index (κ3) is 7.27. The molecule has 1 N–H and O–H groups in total. The van der Waals surface area contributed by atoms with Crippen LogP contribution in [0.4, 0.5) is 0 Å². The van der Waals surface area contributed by atoms with Crippen molar-refractivity contribution < 1.29 is 14.3 Å². The molecule has 5 nitrogen and oxygen atoms in total. The van der Waals surface area contributed by atoms with Crippen molar-refractivity contribution in [3.05, 3.63) is 167 Å². The molecule has 0 radical (unpaired) electrons. The van der Waals surface area contributed by atoms with Crippen molar-refractivity contribution in [3.8, 4) is 11.5 Å². The smallest absolute Gasteiger partial charge is 0.221 e. The second-order valence-corrected chi connectivity index (χ2v) is 11.4. The van der Waals surface area contributed by atoms with E-state index in [4.69, 9.17) is 9.47 Å². The van der Waals surface area contributed by atoms with Crippen LogP contribution in [0.1, 0.15) is 45.7 Å². The van der Waals surface area contributed by atoms with Crippen molar-refractivity contribution in [1.82, 2.24) is 9.88 Å². The minimum absolute atomic E-state index is 0.0122. The summed E-state index contributed by atoms with van der Waals surface area (Å²) in [6.07, 6.45) is 2.50. The van der Waals surface area contributed by atoms with E-state index in [1.807, 2.05) is 72.8 Å². The van der Waals surface area contributed by atoms with Gasteiger partial charge in [0.25, 0.3) is 0 Å². The second-order valence-electron chi connectivity index (χ2n) is 11.4. The van der Waals surface area contributed by atoms with Gasteiger partial charge in [0.1, 0.15) is 6.61 Å². The number of nitrogens with one attached hydrogen (secondary N) is 1. The molecule has 5 heteroatoms. The van der Waals surface area contributed by atoms with Gasteiger partial charge in [0.15, 0.2) is 11.5 Å². The lowest BCUT2D eigenvalue weighted by atomic mass is 9.87. The summed E-state index contributed by atoms with van der Waals surface area (Å²) in [6, 6.07) is 43.2. The number of amides is 1. The third-order valence-corrected chi connectivity index (χ3v) is 8.22. The number of nitrogens with zero attached hydrogens (tertiary/aromatic N) is 1. The first-order valence-electron chi connectivity index (χ1n) is 15.4. The number of aromatic nitrogens is 1. The molecular weight excluding hydrogens is 556 g/mol. The summed E-state index contributed by atoms with van der Waals surface area (Å²) < 4.78 is 14.3. The fraction of sp³-hybridized carbons (Fsp3) is 0.175. The molecule has 1 atom stereocenters. The van der Waals surface area contributed by atoms with E-state index in [1.165, 1.54) is 11.1 Å². The highest BCUT2D eigenvalue weighted by atomic mass is 16.5. The number of para-hydroxylation sites is 1. The Morgan fingerprint density at radius 2 is 1.44 bits per heavy atom. The lowest BCUT2D eigenvalue weighted by Gasteiger charge is -2.20. The number of carbonyl (C=O) groups is 1. The number of fused-ring (bicyclic) bond motifs is 1. The maximum Gasteiger partial charge on any atom is 0.221 e. The van der Waals surface area contributed by atoms with Gasteiger partial charge < -0.3 is 19.4 Å². The van der Waals surface area contributed by atoms with Crippen molar-refractivity contribution in [2.75, 3.05) is 7.11 Å². The lowest BCUT2D eigenvalue weighted by molar-refractivity contribution is -0.121. The number of aryl methyl sites for hydroxylation is 1. The van der Waals surface area contributed by atoms with E-state index in [9.17, 15) is 4.79 Å². The topological polar surface area (TPSA) is 52.5 Å². The van der Waals surface area contributed by atoms with Crippen molar-refractivity contribution in [2.45, 2.75) is 39.0 Å². The van der Waals surface area contributed by atoms with Crippen molar-refractivity contribution >= 4 is 16.8 Å². The average Bonchev–Trinajstić information content (AvgIpc) is 3.45. The zero-order valence-corrected chi connectivity index (χ0v) is 25.8. The Bertz CT molecular complexity index is 1860. The van der Waals surface area contributed by atoms with E-state index in [0.29, 0.717) is 24.7 Å². The normalized spacial score (nSPS) is 11.7. The Morgan fingerprint density at radius 1 is 0.756 bits per heavy atom. The number of rotatable bonds is 12. The predicted molar refractivity (Wildman–Crippen MR) is 181 cm³/mol.